The number of ether oxygens (including phenoxy) is 1. The van der Waals surface area contributed by atoms with Crippen LogP contribution in [0.2, 0.25) is 5.02 Å². The van der Waals surface area contributed by atoms with Gasteiger partial charge in [0.1, 0.15) is 18.2 Å². The number of benzene rings is 2. The lowest BCUT2D eigenvalue weighted by Crippen LogP contribution is -2.05. The first-order valence-electron chi connectivity index (χ1n) is 6.38. The second-order valence-corrected chi connectivity index (χ2v) is 5.13. The van der Waals surface area contributed by atoms with Crippen LogP contribution >= 0.6 is 11.6 Å². The summed E-state index contributed by atoms with van der Waals surface area (Å²) >= 11 is 6.10. The van der Waals surface area contributed by atoms with Gasteiger partial charge in [-0.1, -0.05) is 29.8 Å². The van der Waals surface area contributed by atoms with Gasteiger partial charge in [-0.15, -0.1) is 0 Å². The Morgan fingerprint density at radius 3 is 2.35 bits per heavy atom. The minimum Gasteiger partial charge on any atom is -0.489 e. The van der Waals surface area contributed by atoms with E-state index < -0.39 is 0 Å². The Morgan fingerprint density at radius 1 is 1.15 bits per heavy atom. The summed E-state index contributed by atoms with van der Waals surface area (Å²) in [7, 11) is 0. The monoisotopic (exact) mass is 293 g/mol. The van der Waals surface area contributed by atoms with E-state index in [1.165, 1.54) is 0 Å². The van der Waals surface area contributed by atoms with Crippen molar-refractivity contribution in [2.75, 3.05) is 0 Å². The average Bonchev–Trinajstić information content (AvgIpc) is 2.43. The zero-order valence-electron chi connectivity index (χ0n) is 11.5. The molecule has 0 saturated carbocycles. The minimum atomic E-state index is -0.294. The van der Waals surface area contributed by atoms with Gasteiger partial charge in [-0.25, -0.2) is 4.39 Å². The zero-order chi connectivity index (χ0) is 14.7. The lowest BCUT2D eigenvalue weighted by atomic mass is 10.1. The van der Waals surface area contributed by atoms with Gasteiger partial charge in [0.2, 0.25) is 0 Å². The molecule has 0 aliphatic rings. The predicted octanol–water partition coefficient (Wildman–Crippen LogP) is 4.13. The summed E-state index contributed by atoms with van der Waals surface area (Å²) in [6.45, 7) is 4.18. The fourth-order valence-corrected chi connectivity index (χ4v) is 2.16. The molecule has 0 aliphatic carbocycles. The molecule has 0 spiro atoms. The van der Waals surface area contributed by atoms with E-state index in [4.69, 9.17) is 22.1 Å². The fourth-order valence-electron chi connectivity index (χ4n) is 2.05. The Hall–Kier alpha value is -1.58. The number of aryl methyl sites for hydroxylation is 2. The van der Waals surface area contributed by atoms with Gasteiger partial charge in [-0.2, -0.15) is 0 Å². The molecule has 0 saturated heterocycles. The molecule has 2 N–H and O–H groups in total. The van der Waals surface area contributed by atoms with E-state index in [9.17, 15) is 4.39 Å². The number of hydrogen-bond donors (Lipinski definition) is 1. The van der Waals surface area contributed by atoms with Crippen LogP contribution in [0.4, 0.5) is 4.39 Å². The molecule has 0 heterocycles. The molecule has 4 heteroatoms. The van der Waals surface area contributed by atoms with Crippen molar-refractivity contribution in [3.05, 3.63) is 63.4 Å². The number of nitrogens with two attached hydrogens (primary N) is 1. The fraction of sp³-hybridized carbons (Fsp3) is 0.250. The molecule has 0 aromatic heterocycles. The van der Waals surface area contributed by atoms with Crippen LogP contribution in [-0.2, 0) is 13.2 Å². The van der Waals surface area contributed by atoms with E-state index in [2.05, 4.69) is 0 Å². The van der Waals surface area contributed by atoms with E-state index in [1.54, 1.807) is 18.2 Å². The van der Waals surface area contributed by atoms with Crippen LogP contribution in [-0.4, -0.2) is 0 Å². The van der Waals surface area contributed by atoms with E-state index in [1.807, 2.05) is 26.0 Å². The first kappa shape index (κ1) is 14.8. The summed E-state index contributed by atoms with van der Waals surface area (Å²) in [5.74, 6) is 0.388. The number of halogens is 2. The van der Waals surface area contributed by atoms with Gasteiger partial charge >= 0.3 is 0 Å². The van der Waals surface area contributed by atoms with Gasteiger partial charge in [0, 0.05) is 22.7 Å². The molecular formula is C16H17ClFNO. The molecule has 0 atom stereocenters. The molecule has 0 amide bonds. The largest absolute Gasteiger partial charge is 0.489 e. The van der Waals surface area contributed by atoms with Crippen LogP contribution in [0.15, 0.2) is 30.3 Å². The Balaban J connectivity index is 2.17. The van der Waals surface area contributed by atoms with Crippen molar-refractivity contribution in [3.8, 4) is 5.75 Å². The molecule has 0 radical (unpaired) electrons. The maximum atomic E-state index is 14.0. The highest BCUT2D eigenvalue weighted by Gasteiger charge is 2.08. The maximum Gasteiger partial charge on any atom is 0.134 e. The van der Waals surface area contributed by atoms with Gasteiger partial charge < -0.3 is 10.5 Å². The summed E-state index contributed by atoms with van der Waals surface area (Å²) < 4.78 is 19.7. The molecule has 20 heavy (non-hydrogen) atoms. The van der Waals surface area contributed by atoms with E-state index in [0.29, 0.717) is 16.9 Å². The third-order valence-corrected chi connectivity index (χ3v) is 3.78. The summed E-state index contributed by atoms with van der Waals surface area (Å²) in [6.07, 6.45) is 0. The molecule has 0 aliphatic heterocycles. The topological polar surface area (TPSA) is 35.2 Å². The Morgan fingerprint density at radius 2 is 1.75 bits per heavy atom. The molecule has 0 unspecified atom stereocenters. The summed E-state index contributed by atoms with van der Waals surface area (Å²) in [6, 6.07) is 8.85. The first-order valence-corrected chi connectivity index (χ1v) is 6.76. The standard InChI is InChI=1S/C16H17ClFNO/c1-10-6-14(7-11(2)15(10)17)20-9-13-5-3-4-12(8-19)16(13)18/h3-7H,8-9,19H2,1-2H3. The highest BCUT2D eigenvalue weighted by molar-refractivity contribution is 6.32. The molecule has 0 bridgehead atoms. The summed E-state index contributed by atoms with van der Waals surface area (Å²) in [5, 5.41) is 0.730. The van der Waals surface area contributed by atoms with Gasteiger partial charge in [0.15, 0.2) is 0 Å². The minimum absolute atomic E-state index is 0.167. The van der Waals surface area contributed by atoms with Crippen molar-refractivity contribution in [2.24, 2.45) is 5.73 Å². The third kappa shape index (κ3) is 3.11. The Labute approximate surface area is 123 Å². The van der Waals surface area contributed by atoms with Crippen LogP contribution < -0.4 is 10.5 Å². The molecule has 0 fully saturated rings. The number of rotatable bonds is 4. The Kier molecular flexibility index (Phi) is 4.63. The average molecular weight is 294 g/mol. The maximum absolute atomic E-state index is 14.0. The van der Waals surface area contributed by atoms with Crippen LogP contribution in [0, 0.1) is 19.7 Å². The Bertz CT molecular complexity index is 605. The highest BCUT2D eigenvalue weighted by atomic mass is 35.5. The molecule has 2 aromatic rings. The molecule has 2 aromatic carbocycles. The van der Waals surface area contributed by atoms with Crippen molar-refractivity contribution >= 4 is 11.6 Å². The van der Waals surface area contributed by atoms with E-state index in [-0.39, 0.29) is 19.0 Å². The smallest absolute Gasteiger partial charge is 0.134 e. The lowest BCUT2D eigenvalue weighted by molar-refractivity contribution is 0.299. The van der Waals surface area contributed by atoms with Crippen molar-refractivity contribution in [3.63, 3.8) is 0 Å². The van der Waals surface area contributed by atoms with Gasteiger partial charge in [-0.05, 0) is 37.1 Å². The van der Waals surface area contributed by atoms with Crippen LogP contribution in [0.5, 0.6) is 5.75 Å². The van der Waals surface area contributed by atoms with Crippen molar-refractivity contribution < 1.29 is 9.13 Å². The summed E-state index contributed by atoms with van der Waals surface area (Å²) in [4.78, 5) is 0. The molecule has 2 rings (SSSR count). The van der Waals surface area contributed by atoms with Gasteiger partial charge in [0.25, 0.3) is 0 Å². The second-order valence-electron chi connectivity index (χ2n) is 4.75. The van der Waals surface area contributed by atoms with Gasteiger partial charge in [-0.3, -0.25) is 0 Å². The van der Waals surface area contributed by atoms with Crippen LogP contribution in [0.25, 0.3) is 0 Å². The first-order chi connectivity index (χ1) is 9.52. The van der Waals surface area contributed by atoms with Crippen LogP contribution in [0.1, 0.15) is 22.3 Å². The van der Waals surface area contributed by atoms with Crippen LogP contribution in [0.3, 0.4) is 0 Å². The van der Waals surface area contributed by atoms with Crippen molar-refractivity contribution in [2.45, 2.75) is 27.0 Å². The molecular weight excluding hydrogens is 277 g/mol. The molecule has 106 valence electrons. The summed E-state index contributed by atoms with van der Waals surface area (Å²) in [5.41, 5.74) is 8.37. The highest BCUT2D eigenvalue weighted by Crippen LogP contribution is 2.26. The quantitative estimate of drug-likeness (QED) is 0.920. The van der Waals surface area contributed by atoms with Gasteiger partial charge in [0.05, 0.1) is 0 Å². The zero-order valence-corrected chi connectivity index (χ0v) is 12.3. The number of hydrogen-bond acceptors (Lipinski definition) is 2. The van der Waals surface area contributed by atoms with E-state index in [0.717, 1.165) is 16.1 Å². The second kappa shape index (κ2) is 6.25. The van der Waals surface area contributed by atoms with Crippen molar-refractivity contribution in [1.29, 1.82) is 0 Å². The third-order valence-electron chi connectivity index (χ3n) is 3.18. The molecule has 2 nitrogen and oxygen atoms in total. The normalized spacial score (nSPS) is 10.7. The van der Waals surface area contributed by atoms with E-state index >= 15 is 0 Å². The van der Waals surface area contributed by atoms with Crippen molar-refractivity contribution in [1.82, 2.24) is 0 Å². The SMILES string of the molecule is Cc1cc(OCc2cccc(CN)c2F)cc(C)c1Cl. The lowest BCUT2D eigenvalue weighted by Gasteiger charge is -2.11. The predicted molar refractivity (Wildman–Crippen MR) is 79.5 cm³/mol.